The van der Waals surface area contributed by atoms with Gasteiger partial charge in [-0.15, -0.1) is 0 Å². The van der Waals surface area contributed by atoms with Crippen LogP contribution in [0.3, 0.4) is 0 Å². The summed E-state index contributed by atoms with van der Waals surface area (Å²) in [5.74, 6) is 0.0296. The number of nitrogens with zero attached hydrogens (tertiary/aromatic N) is 1. The third-order valence-electron chi connectivity index (χ3n) is 3.51. The van der Waals surface area contributed by atoms with Crippen molar-refractivity contribution in [3.05, 3.63) is 52.3 Å². The van der Waals surface area contributed by atoms with Gasteiger partial charge in [0.1, 0.15) is 12.4 Å². The van der Waals surface area contributed by atoms with E-state index in [0.717, 1.165) is 6.04 Å². The Labute approximate surface area is 153 Å². The molecule has 25 heavy (non-hydrogen) atoms. The van der Waals surface area contributed by atoms with E-state index in [-0.39, 0.29) is 29.0 Å². The van der Waals surface area contributed by atoms with Crippen LogP contribution in [-0.4, -0.2) is 26.0 Å². The third kappa shape index (κ3) is 5.83. The molecule has 2 rings (SSSR count). The highest BCUT2D eigenvalue weighted by Crippen LogP contribution is 2.23. The molecule has 4 nitrogen and oxygen atoms in total. The van der Waals surface area contributed by atoms with E-state index >= 15 is 0 Å². The SMILES string of the molecule is C[Si](C)(C)CCOc1nc(OCc2c(F)cccc2Cl)ccc1C=O. The second-order valence-electron chi connectivity index (χ2n) is 6.81. The van der Waals surface area contributed by atoms with Gasteiger partial charge in [0.15, 0.2) is 6.29 Å². The van der Waals surface area contributed by atoms with Gasteiger partial charge in [0.25, 0.3) is 0 Å². The highest BCUT2D eigenvalue weighted by molar-refractivity contribution is 6.76. The molecule has 0 aliphatic carbocycles. The smallest absolute Gasteiger partial charge is 0.227 e. The Morgan fingerprint density at radius 1 is 1.20 bits per heavy atom. The average molecular weight is 382 g/mol. The lowest BCUT2D eigenvalue weighted by Crippen LogP contribution is -2.22. The molecular weight excluding hydrogens is 361 g/mol. The molecular formula is C18H21ClFNO3Si. The van der Waals surface area contributed by atoms with Gasteiger partial charge in [-0.2, -0.15) is 4.98 Å². The maximum Gasteiger partial charge on any atom is 0.227 e. The quantitative estimate of drug-likeness (QED) is 0.477. The van der Waals surface area contributed by atoms with E-state index < -0.39 is 13.9 Å². The summed E-state index contributed by atoms with van der Waals surface area (Å²) < 4.78 is 25.0. The average Bonchev–Trinajstić information content (AvgIpc) is 2.53. The lowest BCUT2D eigenvalue weighted by molar-refractivity contribution is 0.111. The summed E-state index contributed by atoms with van der Waals surface area (Å²) in [6.45, 7) is 7.14. The second-order valence-corrected chi connectivity index (χ2v) is 12.8. The fourth-order valence-electron chi connectivity index (χ4n) is 1.99. The summed E-state index contributed by atoms with van der Waals surface area (Å²) in [5.41, 5.74) is 0.610. The molecule has 0 radical (unpaired) electrons. The number of carbonyl (C=O) groups is 1. The number of ether oxygens (including phenoxy) is 2. The molecule has 0 spiro atoms. The van der Waals surface area contributed by atoms with Gasteiger partial charge in [0.05, 0.1) is 17.2 Å². The second kappa shape index (κ2) is 8.45. The molecule has 0 saturated carbocycles. The molecule has 1 aromatic carbocycles. The van der Waals surface area contributed by atoms with E-state index in [1.54, 1.807) is 18.2 Å². The van der Waals surface area contributed by atoms with E-state index in [1.165, 1.54) is 12.1 Å². The van der Waals surface area contributed by atoms with Crippen LogP contribution < -0.4 is 9.47 Å². The number of hydrogen-bond acceptors (Lipinski definition) is 4. The zero-order valence-electron chi connectivity index (χ0n) is 14.5. The van der Waals surface area contributed by atoms with Gasteiger partial charge in [0, 0.05) is 19.7 Å². The summed E-state index contributed by atoms with van der Waals surface area (Å²) in [5, 5.41) is 0.288. The first-order valence-electron chi connectivity index (χ1n) is 7.95. The van der Waals surface area contributed by atoms with Gasteiger partial charge in [-0.05, 0) is 24.2 Å². The van der Waals surface area contributed by atoms with Crippen molar-refractivity contribution in [1.29, 1.82) is 0 Å². The fraction of sp³-hybridized carbons (Fsp3) is 0.333. The number of benzene rings is 1. The third-order valence-corrected chi connectivity index (χ3v) is 5.57. The number of hydrogen-bond donors (Lipinski definition) is 0. The molecule has 1 aromatic heterocycles. The zero-order valence-corrected chi connectivity index (χ0v) is 16.3. The number of aldehydes is 1. The Morgan fingerprint density at radius 2 is 1.96 bits per heavy atom. The van der Waals surface area contributed by atoms with Crippen LogP contribution in [0.25, 0.3) is 0 Å². The van der Waals surface area contributed by atoms with Crippen molar-refractivity contribution in [2.45, 2.75) is 32.3 Å². The van der Waals surface area contributed by atoms with Crippen molar-refractivity contribution in [3.8, 4) is 11.8 Å². The van der Waals surface area contributed by atoms with Gasteiger partial charge < -0.3 is 9.47 Å². The van der Waals surface area contributed by atoms with Gasteiger partial charge >= 0.3 is 0 Å². The van der Waals surface area contributed by atoms with Crippen molar-refractivity contribution in [1.82, 2.24) is 4.98 Å². The first-order valence-corrected chi connectivity index (χ1v) is 12.0. The molecule has 0 bridgehead atoms. The molecule has 2 aromatic rings. The zero-order chi connectivity index (χ0) is 18.4. The van der Waals surface area contributed by atoms with Crippen molar-refractivity contribution in [3.63, 3.8) is 0 Å². The monoisotopic (exact) mass is 381 g/mol. The molecule has 0 saturated heterocycles. The van der Waals surface area contributed by atoms with Crippen LogP contribution in [0.15, 0.2) is 30.3 Å². The molecule has 0 fully saturated rings. The standard InChI is InChI=1S/C18H21ClFNO3Si/c1-25(2,3)10-9-23-18-13(11-22)7-8-17(21-18)24-12-14-15(19)5-4-6-16(14)20/h4-8,11H,9-10,12H2,1-3H3. The van der Waals surface area contributed by atoms with E-state index in [4.69, 9.17) is 21.1 Å². The van der Waals surface area contributed by atoms with Crippen LogP contribution in [0, 0.1) is 5.82 Å². The van der Waals surface area contributed by atoms with Crippen molar-refractivity contribution >= 4 is 26.0 Å². The Bertz CT molecular complexity index is 729. The number of rotatable bonds is 8. The summed E-state index contributed by atoms with van der Waals surface area (Å²) in [6, 6.07) is 8.51. The van der Waals surface area contributed by atoms with Crippen LogP contribution in [-0.2, 0) is 6.61 Å². The van der Waals surface area contributed by atoms with Gasteiger partial charge in [-0.25, -0.2) is 4.39 Å². The molecule has 0 unspecified atom stereocenters. The molecule has 134 valence electrons. The van der Waals surface area contributed by atoms with Crippen LogP contribution in [0.5, 0.6) is 11.8 Å². The molecule has 1 heterocycles. The first-order chi connectivity index (χ1) is 11.8. The molecule has 7 heteroatoms. The topological polar surface area (TPSA) is 48.4 Å². The van der Waals surface area contributed by atoms with Crippen molar-refractivity contribution < 1.29 is 18.7 Å². The highest BCUT2D eigenvalue weighted by Gasteiger charge is 2.15. The number of halogens is 2. The maximum absolute atomic E-state index is 13.8. The Morgan fingerprint density at radius 3 is 2.60 bits per heavy atom. The number of aromatic nitrogens is 1. The maximum atomic E-state index is 13.8. The molecule has 0 aliphatic heterocycles. The summed E-state index contributed by atoms with van der Waals surface area (Å²) in [6.07, 6.45) is 0.689. The van der Waals surface area contributed by atoms with E-state index in [1.807, 2.05) is 0 Å². The Hall–Kier alpha value is -1.92. The Kier molecular flexibility index (Phi) is 6.55. The summed E-state index contributed by atoms with van der Waals surface area (Å²) in [7, 11) is -1.25. The van der Waals surface area contributed by atoms with Crippen molar-refractivity contribution in [2.24, 2.45) is 0 Å². The highest BCUT2D eigenvalue weighted by atomic mass is 35.5. The number of carbonyl (C=O) groups excluding carboxylic acids is 1. The lowest BCUT2D eigenvalue weighted by Gasteiger charge is -2.16. The Balaban J connectivity index is 2.09. The van der Waals surface area contributed by atoms with Gasteiger partial charge in [0.2, 0.25) is 11.8 Å². The normalized spacial score (nSPS) is 11.2. The lowest BCUT2D eigenvalue weighted by atomic mass is 10.2. The minimum absolute atomic E-state index is 0.0622. The number of pyridine rings is 1. The first kappa shape index (κ1) is 19.4. The predicted octanol–water partition coefficient (Wildman–Crippen LogP) is 4.98. The molecule has 0 amide bonds. The van der Waals surface area contributed by atoms with Crippen LogP contribution in [0.4, 0.5) is 4.39 Å². The summed E-state index contributed by atoms with van der Waals surface area (Å²) >= 11 is 5.98. The van der Waals surface area contributed by atoms with E-state index in [9.17, 15) is 9.18 Å². The van der Waals surface area contributed by atoms with Gasteiger partial charge in [-0.3, -0.25) is 4.79 Å². The summed E-state index contributed by atoms with van der Waals surface area (Å²) in [4.78, 5) is 15.4. The van der Waals surface area contributed by atoms with Crippen molar-refractivity contribution in [2.75, 3.05) is 6.61 Å². The van der Waals surface area contributed by atoms with Crippen LogP contribution >= 0.6 is 11.6 Å². The van der Waals surface area contributed by atoms with E-state index in [2.05, 4.69) is 24.6 Å². The van der Waals surface area contributed by atoms with E-state index in [0.29, 0.717) is 18.5 Å². The van der Waals surface area contributed by atoms with Crippen LogP contribution in [0.2, 0.25) is 30.7 Å². The molecule has 0 N–H and O–H groups in total. The van der Waals surface area contributed by atoms with Gasteiger partial charge in [-0.1, -0.05) is 37.3 Å². The molecule has 0 atom stereocenters. The fourth-order valence-corrected chi connectivity index (χ4v) is 2.92. The van der Waals surface area contributed by atoms with Crippen LogP contribution in [0.1, 0.15) is 15.9 Å². The largest absolute Gasteiger partial charge is 0.477 e. The minimum Gasteiger partial charge on any atom is -0.477 e. The predicted molar refractivity (Wildman–Crippen MR) is 99.0 cm³/mol. The minimum atomic E-state index is -1.25. The molecule has 0 aliphatic rings.